The molecule has 8 heteroatoms. The fourth-order valence-electron chi connectivity index (χ4n) is 2.89. The summed E-state index contributed by atoms with van der Waals surface area (Å²) in [5.41, 5.74) is 1.19. The second-order valence-corrected chi connectivity index (χ2v) is 6.16. The summed E-state index contributed by atoms with van der Waals surface area (Å²) in [6.45, 7) is 7.23. The molecule has 0 spiro atoms. The number of aromatic nitrogens is 2. The smallest absolute Gasteiger partial charge is 0.193 e. The zero-order valence-electron chi connectivity index (χ0n) is 15.6. The maximum absolute atomic E-state index is 5.91. The van der Waals surface area contributed by atoms with Gasteiger partial charge in [-0.3, -0.25) is 9.67 Å². The maximum atomic E-state index is 5.91. The van der Waals surface area contributed by atoms with Crippen LogP contribution in [0.2, 0.25) is 0 Å². The highest BCUT2D eigenvalue weighted by atomic mass is 127. The summed E-state index contributed by atoms with van der Waals surface area (Å²) in [6, 6.07) is 0. The van der Waals surface area contributed by atoms with Crippen molar-refractivity contribution in [1.29, 1.82) is 0 Å². The first-order chi connectivity index (χ1) is 11.7. The number of aryl methyl sites for hydroxylation is 1. The van der Waals surface area contributed by atoms with Crippen molar-refractivity contribution in [2.24, 2.45) is 4.99 Å². The fourth-order valence-corrected chi connectivity index (χ4v) is 2.89. The molecule has 1 saturated heterocycles. The first kappa shape index (κ1) is 22.2. The molecule has 7 nitrogen and oxygen atoms in total. The predicted molar refractivity (Wildman–Crippen MR) is 111 cm³/mol. The van der Waals surface area contributed by atoms with Gasteiger partial charge in [-0.15, -0.1) is 24.0 Å². The predicted octanol–water partition coefficient (Wildman–Crippen LogP) is 1.90. The van der Waals surface area contributed by atoms with E-state index in [-0.39, 0.29) is 24.0 Å². The third-order valence-corrected chi connectivity index (χ3v) is 4.19. The molecule has 0 amide bonds. The van der Waals surface area contributed by atoms with Crippen LogP contribution in [0.15, 0.2) is 17.4 Å². The third kappa shape index (κ3) is 7.91. The van der Waals surface area contributed by atoms with Crippen molar-refractivity contribution in [3.8, 4) is 0 Å². The fraction of sp³-hybridized carbons (Fsp3) is 0.765. The van der Waals surface area contributed by atoms with E-state index in [9.17, 15) is 0 Å². The number of methoxy groups -OCH3 is 1. The number of likely N-dealkylation sites (tertiary alicyclic amines) is 1. The monoisotopic (exact) mass is 465 g/mol. The number of guanidine groups is 1. The summed E-state index contributed by atoms with van der Waals surface area (Å²) in [4.78, 5) is 6.71. The minimum absolute atomic E-state index is 0. The lowest BCUT2D eigenvalue weighted by Crippen LogP contribution is -2.47. The van der Waals surface area contributed by atoms with E-state index in [1.54, 1.807) is 7.11 Å². The number of nitrogens with one attached hydrogen (secondary N) is 1. The van der Waals surface area contributed by atoms with E-state index in [2.05, 4.69) is 33.4 Å². The lowest BCUT2D eigenvalue weighted by atomic mass is 10.1. The van der Waals surface area contributed by atoms with Crippen LogP contribution in [0.3, 0.4) is 0 Å². The molecule has 1 aromatic heterocycles. The molecule has 0 radical (unpaired) electrons. The molecule has 0 unspecified atom stereocenters. The lowest BCUT2D eigenvalue weighted by Gasteiger charge is -2.34. The molecule has 0 aromatic carbocycles. The molecule has 1 aromatic rings. The molecule has 0 atom stereocenters. The van der Waals surface area contributed by atoms with Gasteiger partial charge >= 0.3 is 0 Å². The van der Waals surface area contributed by atoms with Gasteiger partial charge in [0.25, 0.3) is 0 Å². The summed E-state index contributed by atoms with van der Waals surface area (Å²) < 4.78 is 12.9. The Labute approximate surface area is 168 Å². The van der Waals surface area contributed by atoms with Gasteiger partial charge in [0.1, 0.15) is 0 Å². The quantitative estimate of drug-likeness (QED) is 0.275. The molecule has 1 aliphatic rings. The number of piperidine rings is 1. The maximum Gasteiger partial charge on any atom is 0.193 e. The zero-order valence-corrected chi connectivity index (χ0v) is 17.9. The van der Waals surface area contributed by atoms with Gasteiger partial charge in [-0.2, -0.15) is 5.10 Å². The molecule has 2 heterocycles. The Morgan fingerprint density at radius 1 is 1.36 bits per heavy atom. The molecule has 0 bridgehead atoms. The van der Waals surface area contributed by atoms with Crippen LogP contribution in [0.5, 0.6) is 0 Å². The summed E-state index contributed by atoms with van der Waals surface area (Å²) in [5.74, 6) is 0.969. The Hall–Kier alpha value is -0.870. The van der Waals surface area contributed by atoms with E-state index in [1.807, 2.05) is 17.9 Å². The highest BCUT2D eigenvalue weighted by Gasteiger charge is 2.21. The van der Waals surface area contributed by atoms with Crippen LogP contribution in [0.25, 0.3) is 0 Å². The van der Waals surface area contributed by atoms with Gasteiger partial charge in [-0.05, 0) is 31.7 Å². The van der Waals surface area contributed by atoms with Crippen molar-refractivity contribution in [1.82, 2.24) is 20.0 Å². The minimum Gasteiger partial charge on any atom is -0.385 e. The van der Waals surface area contributed by atoms with Gasteiger partial charge in [0.2, 0.25) is 0 Å². The van der Waals surface area contributed by atoms with Crippen molar-refractivity contribution >= 4 is 29.9 Å². The van der Waals surface area contributed by atoms with Gasteiger partial charge < -0.3 is 19.7 Å². The molecule has 0 saturated carbocycles. The lowest BCUT2D eigenvalue weighted by molar-refractivity contribution is 0.00991. The first-order valence-corrected chi connectivity index (χ1v) is 8.78. The SMILES string of the molecule is CN=C(NCCn1cc(C)cn1)N1CCC(OCCCOC)CC1.I. The largest absolute Gasteiger partial charge is 0.385 e. The normalized spacial score (nSPS) is 16.0. The second kappa shape index (κ2) is 12.5. The Morgan fingerprint density at radius 3 is 2.72 bits per heavy atom. The zero-order chi connectivity index (χ0) is 17.2. The highest BCUT2D eigenvalue weighted by molar-refractivity contribution is 14.0. The summed E-state index contributed by atoms with van der Waals surface area (Å²) in [5, 5.41) is 7.73. The van der Waals surface area contributed by atoms with Gasteiger partial charge in [0, 0.05) is 53.2 Å². The van der Waals surface area contributed by atoms with E-state index < -0.39 is 0 Å². The number of hydrogen-bond donors (Lipinski definition) is 1. The van der Waals surface area contributed by atoms with Gasteiger partial charge in [-0.25, -0.2) is 0 Å². The molecule has 1 fully saturated rings. The van der Waals surface area contributed by atoms with Crippen LogP contribution in [-0.4, -0.2) is 73.7 Å². The topological polar surface area (TPSA) is 63.9 Å². The van der Waals surface area contributed by atoms with Crippen LogP contribution in [-0.2, 0) is 16.0 Å². The van der Waals surface area contributed by atoms with Crippen LogP contribution in [0.1, 0.15) is 24.8 Å². The number of rotatable bonds is 8. The average Bonchev–Trinajstić information content (AvgIpc) is 3.02. The number of hydrogen-bond acceptors (Lipinski definition) is 4. The van der Waals surface area contributed by atoms with Crippen molar-refractivity contribution in [2.75, 3.05) is 47.0 Å². The van der Waals surface area contributed by atoms with Crippen molar-refractivity contribution in [3.63, 3.8) is 0 Å². The summed E-state index contributed by atoms with van der Waals surface area (Å²) >= 11 is 0. The van der Waals surface area contributed by atoms with Crippen molar-refractivity contribution < 1.29 is 9.47 Å². The Bertz CT molecular complexity index is 501. The third-order valence-electron chi connectivity index (χ3n) is 4.19. The van der Waals surface area contributed by atoms with E-state index in [0.717, 1.165) is 64.6 Å². The van der Waals surface area contributed by atoms with Gasteiger partial charge in [-0.1, -0.05) is 0 Å². The molecular weight excluding hydrogens is 433 g/mol. The average molecular weight is 465 g/mol. The van der Waals surface area contributed by atoms with Crippen molar-refractivity contribution in [3.05, 3.63) is 18.0 Å². The molecular formula is C17H32IN5O2. The standard InChI is InChI=1S/C17H31N5O2.HI/c1-15-13-20-22(14-15)10-7-19-17(18-2)21-8-5-16(6-9-21)24-12-4-11-23-3;/h13-14,16H,4-12H2,1-3H3,(H,18,19);1H. The highest BCUT2D eigenvalue weighted by Crippen LogP contribution is 2.14. The Balaban J connectivity index is 0.00000312. The number of ether oxygens (including phenoxy) is 2. The van der Waals surface area contributed by atoms with Crippen molar-refractivity contribution in [2.45, 2.75) is 38.8 Å². The van der Waals surface area contributed by atoms with Crippen LogP contribution in [0, 0.1) is 6.92 Å². The van der Waals surface area contributed by atoms with E-state index in [1.165, 1.54) is 5.56 Å². The van der Waals surface area contributed by atoms with Crippen LogP contribution < -0.4 is 5.32 Å². The number of aliphatic imine (C=N–C) groups is 1. The molecule has 0 aliphatic carbocycles. The molecule has 1 N–H and O–H groups in total. The second-order valence-electron chi connectivity index (χ2n) is 6.16. The van der Waals surface area contributed by atoms with E-state index in [4.69, 9.17) is 9.47 Å². The van der Waals surface area contributed by atoms with E-state index >= 15 is 0 Å². The molecule has 25 heavy (non-hydrogen) atoms. The number of nitrogens with zero attached hydrogens (tertiary/aromatic N) is 4. The van der Waals surface area contributed by atoms with Gasteiger partial charge in [0.05, 0.1) is 18.8 Å². The summed E-state index contributed by atoms with van der Waals surface area (Å²) in [6.07, 6.45) is 7.36. The molecule has 2 rings (SSSR count). The van der Waals surface area contributed by atoms with Crippen LogP contribution in [0.4, 0.5) is 0 Å². The molecule has 144 valence electrons. The minimum atomic E-state index is 0. The summed E-state index contributed by atoms with van der Waals surface area (Å²) in [7, 11) is 3.57. The first-order valence-electron chi connectivity index (χ1n) is 8.78. The van der Waals surface area contributed by atoms with Crippen LogP contribution >= 0.6 is 24.0 Å². The number of halogens is 1. The van der Waals surface area contributed by atoms with E-state index in [0.29, 0.717) is 6.10 Å². The molecule has 1 aliphatic heterocycles. The van der Waals surface area contributed by atoms with Gasteiger partial charge in [0.15, 0.2) is 5.96 Å². The Morgan fingerprint density at radius 2 is 2.12 bits per heavy atom. The Kier molecular flexibility index (Phi) is 11.1.